The minimum atomic E-state index is -4.58. The minimum Gasteiger partial charge on any atom is -0.351 e. The van der Waals surface area contributed by atoms with Crippen LogP contribution >= 0.6 is 11.6 Å². The van der Waals surface area contributed by atoms with Gasteiger partial charge in [0.1, 0.15) is 5.52 Å². The molecule has 1 aromatic carbocycles. The predicted molar refractivity (Wildman–Crippen MR) is 144 cm³/mol. The number of fused-ring (bicyclic) bond motifs is 1. The molecule has 2 N–H and O–H groups in total. The van der Waals surface area contributed by atoms with Crippen molar-refractivity contribution in [3.63, 3.8) is 0 Å². The average molecular weight is 571 g/mol. The number of sulfonamides is 1. The number of nitrogens with zero attached hydrogens (tertiary/aromatic N) is 4. The second-order valence-electron chi connectivity index (χ2n) is 9.85. The van der Waals surface area contributed by atoms with Crippen LogP contribution in [0.25, 0.3) is 22.3 Å². The van der Waals surface area contributed by atoms with Crippen LogP contribution in [0, 0.1) is 6.92 Å². The molecule has 4 rings (SSSR count). The maximum Gasteiger partial charge on any atom is 0.390 e. The lowest BCUT2D eigenvalue weighted by atomic mass is 9.91. The third-order valence-corrected chi connectivity index (χ3v) is 8.27. The summed E-state index contributed by atoms with van der Waals surface area (Å²) in [6, 6.07) is 7.29. The second-order valence-corrected chi connectivity index (χ2v) is 12.1. The van der Waals surface area contributed by atoms with Gasteiger partial charge in [-0.25, -0.2) is 23.4 Å². The van der Waals surface area contributed by atoms with Gasteiger partial charge in [-0.1, -0.05) is 17.7 Å². The summed E-state index contributed by atoms with van der Waals surface area (Å²) in [5.41, 5.74) is 3.37. The van der Waals surface area contributed by atoms with Crippen molar-refractivity contribution in [1.29, 1.82) is 0 Å². The van der Waals surface area contributed by atoms with Crippen molar-refractivity contribution in [2.75, 3.05) is 29.9 Å². The van der Waals surface area contributed by atoms with Crippen LogP contribution in [-0.2, 0) is 10.0 Å². The predicted octanol–water partition coefficient (Wildman–Crippen LogP) is 5.63. The van der Waals surface area contributed by atoms with Crippen LogP contribution in [0.3, 0.4) is 0 Å². The lowest BCUT2D eigenvalue weighted by molar-refractivity contribution is -0.129. The summed E-state index contributed by atoms with van der Waals surface area (Å²) in [6.45, 7) is 1.91. The fourth-order valence-corrected chi connectivity index (χ4v) is 5.94. The van der Waals surface area contributed by atoms with E-state index in [1.54, 1.807) is 12.3 Å². The lowest BCUT2D eigenvalue weighted by Crippen LogP contribution is -2.36. The average Bonchev–Trinajstić information content (AvgIpc) is 2.84. The van der Waals surface area contributed by atoms with Gasteiger partial charge in [0, 0.05) is 17.6 Å². The zero-order valence-corrected chi connectivity index (χ0v) is 22.9. The second kappa shape index (κ2) is 11.2. The Morgan fingerprint density at radius 1 is 1.11 bits per heavy atom. The van der Waals surface area contributed by atoms with Gasteiger partial charge in [-0.15, -0.1) is 0 Å². The summed E-state index contributed by atoms with van der Waals surface area (Å²) >= 11 is 6.26. The Balaban J connectivity index is 1.49. The summed E-state index contributed by atoms with van der Waals surface area (Å²) in [4.78, 5) is 16.1. The number of anilines is 2. The van der Waals surface area contributed by atoms with Crippen LogP contribution in [0.4, 0.5) is 24.8 Å². The standard InChI is InChI=1S/C25H30ClF3N6O2S/c1-15-12-21(16-4-9-20(19(26)13-16)34-38(36,37)11-10-25(27,28)29)32-22-14-30-24(33-23(15)22)31-17-5-7-18(8-6-17)35(2)3/h4,9,12-14,17-18,34H,5-8,10-11H2,1-3H3,(H,30,31,33). The molecule has 0 spiro atoms. The van der Waals surface area contributed by atoms with Gasteiger partial charge < -0.3 is 10.2 Å². The van der Waals surface area contributed by atoms with E-state index in [9.17, 15) is 21.6 Å². The van der Waals surface area contributed by atoms with E-state index in [0.717, 1.165) is 31.2 Å². The minimum absolute atomic E-state index is 0.00577. The highest BCUT2D eigenvalue weighted by atomic mass is 35.5. The molecule has 2 heterocycles. The van der Waals surface area contributed by atoms with Crippen LogP contribution in [-0.4, -0.2) is 66.4 Å². The molecule has 0 atom stereocenters. The van der Waals surface area contributed by atoms with Crippen molar-refractivity contribution < 1.29 is 21.6 Å². The number of alkyl halides is 3. The van der Waals surface area contributed by atoms with Gasteiger partial charge in [-0.2, -0.15) is 13.2 Å². The Kier molecular flexibility index (Phi) is 8.34. The number of pyridine rings is 1. The fourth-order valence-electron chi connectivity index (χ4n) is 4.55. The number of aromatic nitrogens is 3. The van der Waals surface area contributed by atoms with Gasteiger partial charge in [0.25, 0.3) is 0 Å². The number of aryl methyl sites for hydroxylation is 1. The van der Waals surface area contributed by atoms with Crippen molar-refractivity contribution in [2.45, 2.75) is 57.3 Å². The Morgan fingerprint density at radius 3 is 2.45 bits per heavy atom. The van der Waals surface area contributed by atoms with E-state index in [4.69, 9.17) is 11.6 Å². The van der Waals surface area contributed by atoms with E-state index < -0.39 is 28.4 Å². The molecule has 1 aliphatic carbocycles. The molecule has 0 amide bonds. The first kappa shape index (κ1) is 28.3. The molecular weight excluding hydrogens is 541 g/mol. The number of nitrogens with one attached hydrogen (secondary N) is 2. The van der Waals surface area contributed by atoms with Crippen molar-refractivity contribution >= 4 is 44.3 Å². The first-order valence-electron chi connectivity index (χ1n) is 12.2. The van der Waals surface area contributed by atoms with E-state index in [2.05, 4.69) is 44.0 Å². The van der Waals surface area contributed by atoms with Gasteiger partial charge in [0.05, 0.1) is 40.3 Å². The summed E-state index contributed by atoms with van der Waals surface area (Å²) in [5.74, 6) is -0.526. The van der Waals surface area contributed by atoms with Gasteiger partial charge >= 0.3 is 6.18 Å². The topological polar surface area (TPSA) is 100 Å². The molecule has 0 bridgehead atoms. The van der Waals surface area contributed by atoms with E-state index in [-0.39, 0.29) is 10.7 Å². The van der Waals surface area contributed by atoms with Gasteiger partial charge in [0.15, 0.2) is 0 Å². The molecular formula is C25H30ClF3N6O2S. The maximum absolute atomic E-state index is 12.4. The zero-order chi connectivity index (χ0) is 27.7. The summed E-state index contributed by atoms with van der Waals surface area (Å²) in [7, 11) is 0.00534. The molecule has 0 saturated heterocycles. The van der Waals surface area contributed by atoms with E-state index in [1.807, 2.05) is 13.0 Å². The molecule has 13 heteroatoms. The highest BCUT2D eigenvalue weighted by Crippen LogP contribution is 2.31. The molecule has 1 saturated carbocycles. The third kappa shape index (κ3) is 7.23. The number of hydrogen-bond donors (Lipinski definition) is 2. The van der Waals surface area contributed by atoms with Gasteiger partial charge in [-0.05, 0) is 70.5 Å². The molecule has 3 aromatic rings. The van der Waals surface area contributed by atoms with Crippen LogP contribution in [0.15, 0.2) is 30.5 Å². The molecule has 38 heavy (non-hydrogen) atoms. The Bertz CT molecular complexity index is 1410. The first-order valence-corrected chi connectivity index (χ1v) is 14.3. The molecule has 8 nitrogen and oxygen atoms in total. The third-order valence-electron chi connectivity index (χ3n) is 6.68. The van der Waals surface area contributed by atoms with Crippen LogP contribution in [0.2, 0.25) is 5.02 Å². The number of benzene rings is 1. The normalized spacial score (nSPS) is 18.6. The van der Waals surface area contributed by atoms with E-state index in [0.29, 0.717) is 40.3 Å². The Labute approximate surface area is 225 Å². The van der Waals surface area contributed by atoms with Crippen LogP contribution in [0.5, 0.6) is 0 Å². The lowest BCUT2D eigenvalue weighted by Gasteiger charge is -2.32. The van der Waals surface area contributed by atoms with Gasteiger partial charge in [0.2, 0.25) is 16.0 Å². The molecule has 2 aromatic heterocycles. The Hall–Kier alpha value is -2.70. The molecule has 0 radical (unpaired) electrons. The SMILES string of the molecule is Cc1cc(-c2ccc(NS(=O)(=O)CCC(F)(F)F)c(Cl)c2)nc2cnc(NC3CCC(N(C)C)CC3)nc12. The summed E-state index contributed by atoms with van der Waals surface area (Å²) in [6.07, 6.45) is -0.0109. The molecule has 0 unspecified atom stereocenters. The molecule has 1 fully saturated rings. The highest BCUT2D eigenvalue weighted by molar-refractivity contribution is 7.92. The van der Waals surface area contributed by atoms with E-state index >= 15 is 0 Å². The monoisotopic (exact) mass is 570 g/mol. The van der Waals surface area contributed by atoms with Crippen molar-refractivity contribution in [1.82, 2.24) is 19.9 Å². The zero-order valence-electron chi connectivity index (χ0n) is 21.3. The summed E-state index contributed by atoms with van der Waals surface area (Å²) < 4.78 is 63.4. The maximum atomic E-state index is 12.4. The smallest absolute Gasteiger partial charge is 0.351 e. The molecule has 206 valence electrons. The van der Waals surface area contributed by atoms with E-state index in [1.165, 1.54) is 12.1 Å². The van der Waals surface area contributed by atoms with Gasteiger partial charge in [-0.3, -0.25) is 4.72 Å². The molecule has 1 aliphatic rings. The highest BCUT2D eigenvalue weighted by Gasteiger charge is 2.30. The molecule has 0 aliphatic heterocycles. The fraction of sp³-hybridized carbons (Fsp3) is 0.480. The van der Waals surface area contributed by atoms with Crippen LogP contribution in [0.1, 0.15) is 37.7 Å². The number of halogens is 4. The van der Waals surface area contributed by atoms with Crippen molar-refractivity contribution in [3.8, 4) is 11.3 Å². The van der Waals surface area contributed by atoms with Crippen LogP contribution < -0.4 is 10.0 Å². The van der Waals surface area contributed by atoms with Crippen molar-refractivity contribution in [3.05, 3.63) is 41.0 Å². The first-order chi connectivity index (χ1) is 17.8. The summed E-state index contributed by atoms with van der Waals surface area (Å²) in [5, 5.41) is 3.49. The number of rotatable bonds is 8. The largest absolute Gasteiger partial charge is 0.390 e. The van der Waals surface area contributed by atoms with Crippen molar-refractivity contribution in [2.24, 2.45) is 0 Å². The Morgan fingerprint density at radius 2 is 1.82 bits per heavy atom. The number of hydrogen-bond acceptors (Lipinski definition) is 7. The quantitative estimate of drug-likeness (QED) is 0.362.